The zero-order chi connectivity index (χ0) is 17.1. The number of likely N-dealkylation sites (tertiary alicyclic amines) is 1. The van der Waals surface area contributed by atoms with Crippen LogP contribution < -0.4 is 0 Å². The molecule has 0 saturated carbocycles. The highest BCUT2D eigenvalue weighted by Crippen LogP contribution is 2.35. The van der Waals surface area contributed by atoms with Gasteiger partial charge in [0.15, 0.2) is 0 Å². The Kier molecular flexibility index (Phi) is 5.27. The van der Waals surface area contributed by atoms with Crippen molar-refractivity contribution in [1.29, 1.82) is 0 Å². The summed E-state index contributed by atoms with van der Waals surface area (Å²) in [5.74, 6) is -0.0270. The molecule has 2 atom stereocenters. The Labute approximate surface area is 141 Å². The molecule has 0 radical (unpaired) electrons. The van der Waals surface area contributed by atoms with Crippen molar-refractivity contribution in [2.75, 3.05) is 13.2 Å². The maximum absolute atomic E-state index is 13.3. The van der Waals surface area contributed by atoms with E-state index in [4.69, 9.17) is 0 Å². The van der Waals surface area contributed by atoms with Crippen LogP contribution in [0.15, 0.2) is 48.5 Å². The minimum absolute atomic E-state index is 0.0568. The quantitative estimate of drug-likeness (QED) is 0.910. The van der Waals surface area contributed by atoms with Gasteiger partial charge in [-0.25, -0.2) is 8.78 Å². The molecule has 0 bridgehead atoms. The van der Waals surface area contributed by atoms with Crippen molar-refractivity contribution in [3.63, 3.8) is 0 Å². The minimum Gasteiger partial charge on any atom is -0.395 e. The number of piperidine rings is 1. The molecule has 24 heavy (non-hydrogen) atoms. The molecule has 1 saturated heterocycles. The Morgan fingerprint density at radius 3 is 1.92 bits per heavy atom. The van der Waals surface area contributed by atoms with Crippen LogP contribution in [0.2, 0.25) is 0 Å². The zero-order valence-corrected chi connectivity index (χ0v) is 13.8. The van der Waals surface area contributed by atoms with E-state index in [1.165, 1.54) is 24.3 Å². The smallest absolute Gasteiger partial charge is 0.123 e. The van der Waals surface area contributed by atoms with Crippen molar-refractivity contribution in [3.05, 3.63) is 71.3 Å². The van der Waals surface area contributed by atoms with Gasteiger partial charge in [0.2, 0.25) is 0 Å². The Bertz CT molecular complexity index is 611. The molecule has 0 amide bonds. The first kappa shape index (κ1) is 17.1. The lowest BCUT2D eigenvalue weighted by Gasteiger charge is -2.43. The van der Waals surface area contributed by atoms with Gasteiger partial charge in [0, 0.05) is 12.6 Å². The molecule has 1 aliphatic rings. The number of nitrogens with zero attached hydrogens (tertiary/aromatic N) is 1. The van der Waals surface area contributed by atoms with Gasteiger partial charge in [0.25, 0.3) is 0 Å². The molecular weight excluding hydrogens is 308 g/mol. The van der Waals surface area contributed by atoms with Gasteiger partial charge in [0.1, 0.15) is 11.6 Å². The molecule has 3 rings (SSSR count). The van der Waals surface area contributed by atoms with Crippen molar-refractivity contribution in [2.45, 2.75) is 31.8 Å². The van der Waals surface area contributed by atoms with Crippen molar-refractivity contribution in [1.82, 2.24) is 4.90 Å². The molecule has 1 N–H and O–H groups in total. The van der Waals surface area contributed by atoms with Gasteiger partial charge in [-0.1, -0.05) is 31.2 Å². The molecule has 0 aromatic heterocycles. The summed E-state index contributed by atoms with van der Waals surface area (Å²) in [6.45, 7) is 3.14. The van der Waals surface area contributed by atoms with Crippen LogP contribution >= 0.6 is 0 Å². The van der Waals surface area contributed by atoms with Crippen LogP contribution in [0, 0.1) is 17.6 Å². The summed E-state index contributed by atoms with van der Waals surface area (Å²) in [7, 11) is 0. The topological polar surface area (TPSA) is 23.5 Å². The number of aliphatic hydroxyl groups is 1. The minimum atomic E-state index is -0.276. The first-order chi connectivity index (χ1) is 11.6. The van der Waals surface area contributed by atoms with E-state index in [9.17, 15) is 13.9 Å². The summed E-state index contributed by atoms with van der Waals surface area (Å²) in [5.41, 5.74) is 1.91. The van der Waals surface area contributed by atoms with Gasteiger partial charge < -0.3 is 5.11 Å². The van der Waals surface area contributed by atoms with Crippen molar-refractivity contribution in [3.8, 4) is 0 Å². The molecule has 0 aliphatic carbocycles. The molecule has 128 valence electrons. The van der Waals surface area contributed by atoms with Crippen LogP contribution in [0.5, 0.6) is 0 Å². The summed E-state index contributed by atoms with van der Waals surface area (Å²) < 4.78 is 26.7. The van der Waals surface area contributed by atoms with E-state index in [1.54, 1.807) is 24.3 Å². The number of halogens is 2. The Morgan fingerprint density at radius 2 is 1.46 bits per heavy atom. The highest BCUT2D eigenvalue weighted by atomic mass is 19.1. The Morgan fingerprint density at radius 1 is 0.958 bits per heavy atom. The van der Waals surface area contributed by atoms with Gasteiger partial charge >= 0.3 is 0 Å². The van der Waals surface area contributed by atoms with Crippen LogP contribution in [-0.2, 0) is 0 Å². The Hall–Kier alpha value is -1.78. The number of hydrogen-bond acceptors (Lipinski definition) is 2. The fourth-order valence-electron chi connectivity index (χ4n) is 3.62. The molecule has 2 nitrogen and oxygen atoms in total. The first-order valence-electron chi connectivity index (χ1n) is 8.46. The summed E-state index contributed by atoms with van der Waals surface area (Å²) in [6.07, 6.45) is 2.01. The molecule has 1 fully saturated rings. The predicted molar refractivity (Wildman–Crippen MR) is 90.6 cm³/mol. The van der Waals surface area contributed by atoms with Gasteiger partial charge in [-0.05, 0) is 54.2 Å². The molecule has 0 unspecified atom stereocenters. The van der Waals surface area contributed by atoms with E-state index in [-0.39, 0.29) is 30.3 Å². The van der Waals surface area contributed by atoms with E-state index in [1.807, 2.05) is 0 Å². The van der Waals surface area contributed by atoms with E-state index in [0.717, 1.165) is 30.5 Å². The van der Waals surface area contributed by atoms with Crippen LogP contribution in [-0.4, -0.2) is 29.2 Å². The SMILES string of the molecule is C[C@H]1CC[C@H](CO)N(C(c2ccc(F)cc2)c2ccc(F)cc2)C1. The van der Waals surface area contributed by atoms with E-state index in [0.29, 0.717) is 5.92 Å². The second kappa shape index (κ2) is 7.41. The maximum Gasteiger partial charge on any atom is 0.123 e. The fourth-order valence-corrected chi connectivity index (χ4v) is 3.62. The zero-order valence-electron chi connectivity index (χ0n) is 13.8. The molecule has 1 heterocycles. The van der Waals surface area contributed by atoms with Crippen molar-refractivity contribution in [2.24, 2.45) is 5.92 Å². The Balaban J connectivity index is 2.03. The average Bonchev–Trinajstić information content (AvgIpc) is 2.59. The van der Waals surface area contributed by atoms with E-state index in [2.05, 4.69) is 11.8 Å². The third-order valence-electron chi connectivity index (χ3n) is 4.90. The van der Waals surface area contributed by atoms with Crippen molar-refractivity contribution >= 4 is 0 Å². The standard InChI is InChI=1S/C20H23F2NO/c1-14-2-11-19(13-24)23(12-14)20(15-3-7-17(21)8-4-15)16-5-9-18(22)10-6-16/h3-10,14,19-20,24H,2,11-13H2,1H3/t14-,19+/m0/s1. The molecular formula is C20H23F2NO. The van der Waals surface area contributed by atoms with E-state index < -0.39 is 0 Å². The molecule has 2 aromatic carbocycles. The second-order valence-electron chi connectivity index (χ2n) is 6.72. The summed E-state index contributed by atoms with van der Waals surface area (Å²) in [4.78, 5) is 2.27. The second-order valence-corrected chi connectivity index (χ2v) is 6.72. The highest BCUT2D eigenvalue weighted by Gasteiger charge is 2.33. The summed E-state index contributed by atoms with van der Waals surface area (Å²) in [5, 5.41) is 9.82. The summed E-state index contributed by atoms with van der Waals surface area (Å²) >= 11 is 0. The van der Waals surface area contributed by atoms with Gasteiger partial charge in [-0.2, -0.15) is 0 Å². The van der Waals surface area contributed by atoms with Gasteiger partial charge in [-0.3, -0.25) is 4.90 Å². The number of aliphatic hydroxyl groups excluding tert-OH is 1. The van der Waals surface area contributed by atoms with Gasteiger partial charge in [0.05, 0.1) is 12.6 Å². The molecule has 4 heteroatoms. The highest BCUT2D eigenvalue weighted by molar-refractivity contribution is 5.32. The number of hydrogen-bond donors (Lipinski definition) is 1. The fraction of sp³-hybridized carbons (Fsp3) is 0.400. The largest absolute Gasteiger partial charge is 0.395 e. The third-order valence-corrected chi connectivity index (χ3v) is 4.90. The van der Waals surface area contributed by atoms with Crippen LogP contribution in [0.25, 0.3) is 0 Å². The van der Waals surface area contributed by atoms with Gasteiger partial charge in [-0.15, -0.1) is 0 Å². The lowest BCUT2D eigenvalue weighted by Crippen LogP contribution is -2.47. The average molecular weight is 331 g/mol. The van der Waals surface area contributed by atoms with Crippen LogP contribution in [0.3, 0.4) is 0 Å². The van der Waals surface area contributed by atoms with Crippen molar-refractivity contribution < 1.29 is 13.9 Å². The number of rotatable bonds is 4. The summed E-state index contributed by atoms with van der Waals surface area (Å²) in [6, 6.07) is 12.8. The third kappa shape index (κ3) is 3.65. The predicted octanol–water partition coefficient (Wildman–Crippen LogP) is 4.15. The van der Waals surface area contributed by atoms with E-state index >= 15 is 0 Å². The monoisotopic (exact) mass is 331 g/mol. The first-order valence-corrected chi connectivity index (χ1v) is 8.46. The molecule has 0 spiro atoms. The number of benzene rings is 2. The van der Waals surface area contributed by atoms with Crippen LogP contribution in [0.4, 0.5) is 8.78 Å². The molecule has 2 aromatic rings. The lowest BCUT2D eigenvalue weighted by molar-refractivity contribution is 0.0445. The normalized spacial score (nSPS) is 22.0. The van der Waals surface area contributed by atoms with Crippen LogP contribution in [0.1, 0.15) is 36.9 Å². The maximum atomic E-state index is 13.3. The molecule has 1 aliphatic heterocycles. The lowest BCUT2D eigenvalue weighted by atomic mass is 9.88.